The van der Waals surface area contributed by atoms with Crippen molar-refractivity contribution in [2.24, 2.45) is 5.10 Å². The molecule has 0 aliphatic heterocycles. The Balaban J connectivity index is 1.54. The fraction of sp³-hybridized carbons (Fsp3) is 0.0870. The summed E-state index contributed by atoms with van der Waals surface area (Å²) in [6, 6.07) is 16.5. The predicted octanol–water partition coefficient (Wildman–Crippen LogP) is 5.04. The number of hydrogen-bond donors (Lipinski definition) is 1. The van der Waals surface area contributed by atoms with Crippen molar-refractivity contribution in [1.82, 2.24) is 5.43 Å². The standard InChI is InChI=1S/C23H17Cl2N3O6/c1-14(33-21-5-3-2-4-20(21)28(31)32)22(29)27-26-13-15-6-9-17(10-7-15)34-23(30)18-11-8-16(24)12-19(18)25/h2-14H,1H3,(H,27,29)/b26-13+. The van der Waals surface area contributed by atoms with Crippen molar-refractivity contribution in [2.75, 3.05) is 0 Å². The Morgan fingerprint density at radius 1 is 1.09 bits per heavy atom. The van der Waals surface area contributed by atoms with Gasteiger partial charge in [-0.3, -0.25) is 14.9 Å². The molecule has 0 aliphatic rings. The van der Waals surface area contributed by atoms with Crippen LogP contribution in [0.4, 0.5) is 5.69 Å². The number of hydrazone groups is 1. The van der Waals surface area contributed by atoms with E-state index in [1.165, 1.54) is 49.5 Å². The van der Waals surface area contributed by atoms with E-state index in [1.807, 2.05) is 0 Å². The Morgan fingerprint density at radius 2 is 1.79 bits per heavy atom. The van der Waals surface area contributed by atoms with Gasteiger partial charge in [-0.15, -0.1) is 0 Å². The number of rotatable bonds is 8. The van der Waals surface area contributed by atoms with Crippen LogP contribution in [0.3, 0.4) is 0 Å². The molecule has 3 aromatic rings. The number of benzene rings is 3. The number of nitrogens with zero attached hydrogens (tertiary/aromatic N) is 2. The van der Waals surface area contributed by atoms with Crippen molar-refractivity contribution in [2.45, 2.75) is 13.0 Å². The van der Waals surface area contributed by atoms with Gasteiger partial charge in [0.15, 0.2) is 11.9 Å². The molecule has 174 valence electrons. The second-order valence-electron chi connectivity index (χ2n) is 6.80. The van der Waals surface area contributed by atoms with E-state index < -0.39 is 22.9 Å². The highest BCUT2D eigenvalue weighted by atomic mass is 35.5. The summed E-state index contributed by atoms with van der Waals surface area (Å²) in [6.07, 6.45) is 0.344. The Labute approximate surface area is 204 Å². The summed E-state index contributed by atoms with van der Waals surface area (Å²) >= 11 is 11.8. The molecule has 0 aliphatic carbocycles. The molecular weight excluding hydrogens is 485 g/mol. The molecule has 1 unspecified atom stereocenters. The van der Waals surface area contributed by atoms with Gasteiger partial charge < -0.3 is 9.47 Å². The summed E-state index contributed by atoms with van der Waals surface area (Å²) in [5.41, 5.74) is 2.84. The molecule has 1 amide bonds. The monoisotopic (exact) mass is 501 g/mol. The number of amides is 1. The molecule has 0 spiro atoms. The van der Waals surface area contributed by atoms with Gasteiger partial charge in [-0.05, 0) is 61.0 Å². The quantitative estimate of drug-likeness (QED) is 0.152. The van der Waals surface area contributed by atoms with Crippen molar-refractivity contribution in [1.29, 1.82) is 0 Å². The number of ether oxygens (including phenoxy) is 2. The van der Waals surface area contributed by atoms with Gasteiger partial charge in [-0.25, -0.2) is 10.2 Å². The van der Waals surface area contributed by atoms with E-state index in [9.17, 15) is 19.7 Å². The summed E-state index contributed by atoms with van der Waals surface area (Å²) in [5.74, 6) is -0.976. The van der Waals surface area contributed by atoms with E-state index in [-0.39, 0.29) is 27.8 Å². The Morgan fingerprint density at radius 3 is 2.47 bits per heavy atom. The third kappa shape index (κ3) is 6.53. The Kier molecular flexibility index (Phi) is 8.18. The molecule has 0 bridgehead atoms. The van der Waals surface area contributed by atoms with E-state index >= 15 is 0 Å². The summed E-state index contributed by atoms with van der Waals surface area (Å²) < 4.78 is 10.7. The molecule has 3 aromatic carbocycles. The lowest BCUT2D eigenvalue weighted by Crippen LogP contribution is -2.33. The zero-order valence-electron chi connectivity index (χ0n) is 17.6. The van der Waals surface area contributed by atoms with E-state index in [0.717, 1.165) is 0 Å². The van der Waals surface area contributed by atoms with Crippen molar-refractivity contribution in [3.8, 4) is 11.5 Å². The minimum Gasteiger partial charge on any atom is -0.474 e. The first-order valence-electron chi connectivity index (χ1n) is 9.75. The zero-order valence-corrected chi connectivity index (χ0v) is 19.1. The van der Waals surface area contributed by atoms with Crippen LogP contribution in [-0.2, 0) is 4.79 Å². The van der Waals surface area contributed by atoms with Crippen LogP contribution in [0.5, 0.6) is 11.5 Å². The van der Waals surface area contributed by atoms with Crippen LogP contribution in [0.15, 0.2) is 71.8 Å². The maximum absolute atomic E-state index is 12.3. The maximum atomic E-state index is 12.3. The van der Waals surface area contributed by atoms with E-state index in [2.05, 4.69) is 10.5 Å². The lowest BCUT2D eigenvalue weighted by Gasteiger charge is -2.12. The van der Waals surface area contributed by atoms with Gasteiger partial charge in [0.2, 0.25) is 0 Å². The minimum absolute atomic E-state index is 0.0239. The van der Waals surface area contributed by atoms with Gasteiger partial charge in [0.1, 0.15) is 5.75 Å². The lowest BCUT2D eigenvalue weighted by atomic mass is 10.2. The van der Waals surface area contributed by atoms with Gasteiger partial charge in [-0.2, -0.15) is 5.10 Å². The molecule has 0 heterocycles. The van der Waals surface area contributed by atoms with Crippen molar-refractivity contribution in [3.05, 3.63) is 98.0 Å². The molecule has 0 saturated heterocycles. The topological polar surface area (TPSA) is 120 Å². The number of carbonyl (C=O) groups excluding carboxylic acids is 2. The molecule has 1 atom stereocenters. The van der Waals surface area contributed by atoms with E-state index in [4.69, 9.17) is 32.7 Å². The number of esters is 1. The molecule has 0 fully saturated rings. The van der Waals surface area contributed by atoms with Crippen molar-refractivity contribution in [3.63, 3.8) is 0 Å². The fourth-order valence-corrected chi connectivity index (χ4v) is 3.14. The molecule has 0 radical (unpaired) electrons. The molecular formula is C23H17Cl2N3O6. The van der Waals surface area contributed by atoms with E-state index in [1.54, 1.807) is 30.3 Å². The van der Waals surface area contributed by atoms with Gasteiger partial charge in [0.05, 0.1) is 21.7 Å². The van der Waals surface area contributed by atoms with Gasteiger partial charge in [0, 0.05) is 11.1 Å². The van der Waals surface area contributed by atoms with Gasteiger partial charge >= 0.3 is 11.7 Å². The summed E-state index contributed by atoms with van der Waals surface area (Å²) in [6.45, 7) is 1.44. The molecule has 0 aromatic heterocycles. The normalized spacial score (nSPS) is 11.6. The third-order valence-electron chi connectivity index (χ3n) is 4.36. The smallest absolute Gasteiger partial charge is 0.345 e. The minimum atomic E-state index is -1.03. The highest BCUT2D eigenvalue weighted by Crippen LogP contribution is 2.27. The fourth-order valence-electron chi connectivity index (χ4n) is 2.65. The number of halogens is 2. The largest absolute Gasteiger partial charge is 0.474 e. The van der Waals surface area contributed by atoms with Gasteiger partial charge in [-0.1, -0.05) is 35.3 Å². The average Bonchev–Trinajstić information content (AvgIpc) is 2.80. The lowest BCUT2D eigenvalue weighted by molar-refractivity contribution is -0.386. The molecule has 0 saturated carbocycles. The third-order valence-corrected chi connectivity index (χ3v) is 4.91. The first-order chi connectivity index (χ1) is 16.2. The molecule has 9 nitrogen and oxygen atoms in total. The van der Waals surface area contributed by atoms with Crippen molar-refractivity contribution < 1.29 is 24.0 Å². The number of carbonyl (C=O) groups is 2. The summed E-state index contributed by atoms with van der Waals surface area (Å²) in [7, 11) is 0. The first-order valence-corrected chi connectivity index (χ1v) is 10.5. The second kappa shape index (κ2) is 11.3. The summed E-state index contributed by atoms with van der Waals surface area (Å²) in [4.78, 5) is 34.9. The first kappa shape index (κ1) is 24.7. The molecule has 34 heavy (non-hydrogen) atoms. The maximum Gasteiger partial charge on any atom is 0.345 e. The summed E-state index contributed by atoms with van der Waals surface area (Å²) in [5, 5.41) is 15.5. The van der Waals surface area contributed by atoms with Crippen LogP contribution in [0.2, 0.25) is 10.0 Å². The van der Waals surface area contributed by atoms with Crippen LogP contribution in [0.25, 0.3) is 0 Å². The highest BCUT2D eigenvalue weighted by molar-refractivity contribution is 6.36. The number of nitro benzene ring substituents is 1. The second-order valence-corrected chi connectivity index (χ2v) is 7.65. The van der Waals surface area contributed by atoms with Crippen molar-refractivity contribution >= 4 is 47.0 Å². The Bertz CT molecular complexity index is 1250. The Hall–Kier alpha value is -3.95. The molecule has 1 N–H and O–H groups in total. The molecule has 3 rings (SSSR count). The van der Waals surface area contributed by atoms with Crippen LogP contribution in [0, 0.1) is 10.1 Å². The van der Waals surface area contributed by atoms with Gasteiger partial charge in [0.25, 0.3) is 5.91 Å². The highest BCUT2D eigenvalue weighted by Gasteiger charge is 2.20. The average molecular weight is 502 g/mol. The number of hydrogen-bond acceptors (Lipinski definition) is 7. The van der Waals surface area contributed by atoms with E-state index in [0.29, 0.717) is 10.6 Å². The number of nitrogens with one attached hydrogen (secondary N) is 1. The zero-order chi connectivity index (χ0) is 24.7. The van der Waals surface area contributed by atoms with Crippen LogP contribution < -0.4 is 14.9 Å². The van der Waals surface area contributed by atoms with Crippen LogP contribution in [0.1, 0.15) is 22.8 Å². The predicted molar refractivity (Wildman–Crippen MR) is 127 cm³/mol. The van der Waals surface area contributed by atoms with Crippen LogP contribution in [-0.4, -0.2) is 29.1 Å². The number of nitro groups is 1. The number of para-hydroxylation sites is 2. The molecule has 11 heteroatoms. The van der Waals surface area contributed by atoms with Crippen LogP contribution >= 0.6 is 23.2 Å². The SMILES string of the molecule is CC(Oc1ccccc1[N+](=O)[O-])C(=O)N/N=C/c1ccc(OC(=O)c2ccc(Cl)cc2Cl)cc1.